The zero-order valence-corrected chi connectivity index (χ0v) is 15.3. The van der Waals surface area contributed by atoms with Crippen LogP contribution in [0.15, 0.2) is 27.9 Å². The minimum absolute atomic E-state index is 0.209. The number of aromatic nitrogens is 2. The number of nitrogens with zero attached hydrogens (tertiary/aromatic N) is 2. The molecule has 1 amide bonds. The van der Waals surface area contributed by atoms with Gasteiger partial charge in [0.1, 0.15) is 10.8 Å². The Balaban J connectivity index is 1.95. The van der Waals surface area contributed by atoms with Crippen LogP contribution in [0.2, 0.25) is 0 Å². The van der Waals surface area contributed by atoms with E-state index in [9.17, 15) is 9.59 Å². The normalized spacial score (nSPS) is 10.5. The first-order valence-corrected chi connectivity index (χ1v) is 8.86. The van der Waals surface area contributed by atoms with Gasteiger partial charge in [-0.15, -0.1) is 11.8 Å². The number of ether oxygens (including phenoxy) is 1. The number of carbonyl (C=O) groups is 2. The van der Waals surface area contributed by atoms with Gasteiger partial charge in [0.25, 0.3) is 5.91 Å². The second-order valence-electron chi connectivity index (χ2n) is 5.38. The molecule has 8 heteroatoms. The topological polar surface area (TPSA) is 94.3 Å². The third-order valence-corrected chi connectivity index (χ3v) is 4.65. The molecular weight excluding hydrogens is 342 g/mol. The van der Waals surface area contributed by atoms with E-state index in [1.54, 1.807) is 18.3 Å². The Morgan fingerprint density at radius 3 is 2.84 bits per heavy atom. The highest BCUT2D eigenvalue weighted by Gasteiger charge is 2.15. The van der Waals surface area contributed by atoms with Crippen molar-refractivity contribution in [2.24, 2.45) is 0 Å². The van der Waals surface area contributed by atoms with Gasteiger partial charge in [-0.05, 0) is 32.4 Å². The minimum atomic E-state index is -0.286. The Labute approximate surface area is 150 Å². The van der Waals surface area contributed by atoms with Crippen LogP contribution in [0.5, 0.6) is 0 Å². The van der Waals surface area contributed by atoms with Gasteiger partial charge < -0.3 is 14.6 Å². The van der Waals surface area contributed by atoms with E-state index in [1.165, 1.54) is 18.9 Å². The molecule has 2 aromatic heterocycles. The number of rotatable bonds is 8. The van der Waals surface area contributed by atoms with E-state index in [-0.39, 0.29) is 18.3 Å². The fraction of sp³-hybridized carbons (Fsp3) is 0.412. The molecule has 0 atom stereocenters. The summed E-state index contributed by atoms with van der Waals surface area (Å²) in [5.74, 6) is 0.904. The quantitative estimate of drug-likeness (QED) is 0.438. The van der Waals surface area contributed by atoms with Gasteiger partial charge in [-0.25, -0.2) is 4.98 Å². The van der Waals surface area contributed by atoms with Crippen molar-refractivity contribution in [2.45, 2.75) is 37.5 Å². The molecular formula is C17H21N3O4S. The minimum Gasteiger partial charge on any atom is -0.469 e. The van der Waals surface area contributed by atoms with Crippen molar-refractivity contribution in [2.75, 3.05) is 13.7 Å². The number of thioether (sulfide) groups is 1. The SMILES string of the molecule is COC(=O)CCCNC(=O)c1cccnc1SCc1c(C)noc1C. The highest BCUT2D eigenvalue weighted by Crippen LogP contribution is 2.27. The summed E-state index contributed by atoms with van der Waals surface area (Å²) in [6.45, 7) is 4.15. The third kappa shape index (κ3) is 5.32. The number of amides is 1. The van der Waals surface area contributed by atoms with Crippen LogP contribution in [0.1, 0.15) is 40.2 Å². The number of carbonyl (C=O) groups excluding carboxylic acids is 2. The molecule has 2 aromatic rings. The molecule has 25 heavy (non-hydrogen) atoms. The van der Waals surface area contributed by atoms with E-state index in [0.29, 0.717) is 29.3 Å². The van der Waals surface area contributed by atoms with Crippen molar-refractivity contribution in [1.82, 2.24) is 15.5 Å². The summed E-state index contributed by atoms with van der Waals surface area (Å²) in [6.07, 6.45) is 2.46. The first-order chi connectivity index (χ1) is 12.0. The molecule has 0 aliphatic heterocycles. The Morgan fingerprint density at radius 2 is 2.16 bits per heavy atom. The van der Waals surface area contributed by atoms with E-state index >= 15 is 0 Å². The number of esters is 1. The third-order valence-electron chi connectivity index (χ3n) is 3.62. The van der Waals surface area contributed by atoms with Crippen LogP contribution in [0.25, 0.3) is 0 Å². The van der Waals surface area contributed by atoms with Gasteiger partial charge in [0.2, 0.25) is 0 Å². The molecule has 134 valence electrons. The lowest BCUT2D eigenvalue weighted by Gasteiger charge is -2.09. The Hall–Kier alpha value is -2.35. The van der Waals surface area contributed by atoms with Crippen LogP contribution >= 0.6 is 11.8 Å². The van der Waals surface area contributed by atoms with Gasteiger partial charge in [0, 0.05) is 30.5 Å². The fourth-order valence-corrected chi connectivity index (χ4v) is 3.30. The van der Waals surface area contributed by atoms with Gasteiger partial charge in [0.05, 0.1) is 18.4 Å². The Bertz CT molecular complexity index is 726. The lowest BCUT2D eigenvalue weighted by atomic mass is 10.2. The molecule has 0 aliphatic rings. The maximum absolute atomic E-state index is 12.4. The van der Waals surface area contributed by atoms with E-state index in [2.05, 4.69) is 20.2 Å². The highest BCUT2D eigenvalue weighted by atomic mass is 32.2. The summed E-state index contributed by atoms with van der Waals surface area (Å²) >= 11 is 1.46. The molecule has 0 aliphatic carbocycles. The predicted molar refractivity (Wildman–Crippen MR) is 93.4 cm³/mol. The summed E-state index contributed by atoms with van der Waals surface area (Å²) in [5.41, 5.74) is 2.37. The lowest BCUT2D eigenvalue weighted by molar-refractivity contribution is -0.140. The smallest absolute Gasteiger partial charge is 0.305 e. The van der Waals surface area contributed by atoms with Crippen LogP contribution in [0, 0.1) is 13.8 Å². The Kier molecular flexibility index (Phi) is 7.00. The first kappa shape index (κ1) is 19.0. The molecule has 0 spiro atoms. The van der Waals surface area contributed by atoms with Crippen LogP contribution in [-0.2, 0) is 15.3 Å². The van der Waals surface area contributed by atoms with E-state index in [4.69, 9.17) is 4.52 Å². The molecule has 0 radical (unpaired) electrons. The standard InChI is InChI=1S/C17H21N3O4S/c1-11-14(12(2)24-20-11)10-25-17-13(6-4-9-19-17)16(22)18-8-5-7-15(21)23-3/h4,6,9H,5,7-8,10H2,1-3H3,(H,18,22). The van der Waals surface area contributed by atoms with Crippen LogP contribution in [-0.4, -0.2) is 35.7 Å². The summed E-state index contributed by atoms with van der Waals surface area (Å²) in [5, 5.41) is 7.38. The van der Waals surface area contributed by atoms with Crippen molar-refractivity contribution >= 4 is 23.6 Å². The number of methoxy groups -OCH3 is 1. The van der Waals surface area contributed by atoms with E-state index in [0.717, 1.165) is 17.0 Å². The van der Waals surface area contributed by atoms with Crippen LogP contribution in [0.4, 0.5) is 0 Å². The molecule has 0 unspecified atom stereocenters. The summed E-state index contributed by atoms with van der Waals surface area (Å²) < 4.78 is 9.72. The molecule has 0 saturated carbocycles. The molecule has 2 heterocycles. The molecule has 0 saturated heterocycles. The van der Waals surface area contributed by atoms with Gasteiger partial charge >= 0.3 is 5.97 Å². The zero-order chi connectivity index (χ0) is 18.2. The number of aryl methyl sites for hydroxylation is 2. The van der Waals surface area contributed by atoms with Crippen LogP contribution < -0.4 is 5.32 Å². The predicted octanol–water partition coefficient (Wildman–Crippen LogP) is 2.66. The Morgan fingerprint density at radius 1 is 1.36 bits per heavy atom. The second-order valence-corrected chi connectivity index (χ2v) is 6.35. The van der Waals surface area contributed by atoms with Gasteiger partial charge in [0.15, 0.2) is 0 Å². The molecule has 0 bridgehead atoms. The van der Waals surface area contributed by atoms with Crippen LogP contribution in [0.3, 0.4) is 0 Å². The zero-order valence-electron chi connectivity index (χ0n) is 14.5. The average Bonchev–Trinajstić information content (AvgIpc) is 2.94. The second kappa shape index (κ2) is 9.22. The van der Waals surface area contributed by atoms with Gasteiger partial charge in [-0.2, -0.15) is 0 Å². The number of hydrogen-bond donors (Lipinski definition) is 1. The average molecular weight is 363 g/mol. The molecule has 0 fully saturated rings. The molecule has 0 aromatic carbocycles. The number of nitrogens with one attached hydrogen (secondary N) is 1. The van der Waals surface area contributed by atoms with Crippen molar-refractivity contribution in [3.8, 4) is 0 Å². The van der Waals surface area contributed by atoms with E-state index in [1.807, 2.05) is 13.8 Å². The largest absolute Gasteiger partial charge is 0.469 e. The molecule has 7 nitrogen and oxygen atoms in total. The summed E-state index contributed by atoms with van der Waals surface area (Å²) in [6, 6.07) is 3.46. The fourth-order valence-electron chi connectivity index (χ4n) is 2.16. The number of pyridine rings is 1. The summed E-state index contributed by atoms with van der Waals surface area (Å²) in [4.78, 5) is 27.7. The maximum atomic E-state index is 12.4. The number of hydrogen-bond acceptors (Lipinski definition) is 7. The first-order valence-electron chi connectivity index (χ1n) is 7.87. The molecule has 1 N–H and O–H groups in total. The lowest BCUT2D eigenvalue weighted by Crippen LogP contribution is -2.25. The highest BCUT2D eigenvalue weighted by molar-refractivity contribution is 7.98. The monoisotopic (exact) mass is 363 g/mol. The van der Waals surface area contributed by atoms with E-state index < -0.39 is 0 Å². The van der Waals surface area contributed by atoms with Crippen molar-refractivity contribution in [1.29, 1.82) is 0 Å². The molecule has 2 rings (SSSR count). The maximum Gasteiger partial charge on any atom is 0.305 e. The van der Waals surface area contributed by atoms with Crippen molar-refractivity contribution in [3.05, 3.63) is 40.9 Å². The van der Waals surface area contributed by atoms with Gasteiger partial charge in [-0.3, -0.25) is 9.59 Å². The van der Waals surface area contributed by atoms with Crippen molar-refractivity contribution in [3.63, 3.8) is 0 Å². The van der Waals surface area contributed by atoms with Crippen molar-refractivity contribution < 1.29 is 18.8 Å². The summed E-state index contributed by atoms with van der Waals surface area (Å²) in [7, 11) is 1.35. The van der Waals surface area contributed by atoms with Gasteiger partial charge in [-0.1, -0.05) is 5.16 Å².